The van der Waals surface area contributed by atoms with Gasteiger partial charge in [-0.3, -0.25) is 9.38 Å². The van der Waals surface area contributed by atoms with E-state index in [2.05, 4.69) is 9.97 Å². The van der Waals surface area contributed by atoms with Crippen LogP contribution in [-0.2, 0) is 0 Å². The zero-order chi connectivity index (χ0) is 20.6. The summed E-state index contributed by atoms with van der Waals surface area (Å²) in [6.45, 7) is -5.16. The molecular weight excluding hydrogens is 282 g/mol. The highest BCUT2D eigenvalue weighted by Crippen LogP contribution is 2.35. The predicted octanol–water partition coefficient (Wildman–Crippen LogP) is 4.81. The molecule has 0 bridgehead atoms. The summed E-state index contributed by atoms with van der Waals surface area (Å²) in [6.07, 6.45) is 1.75. The number of nitrogens with zero attached hydrogens (tertiary/aromatic N) is 3. The molecule has 0 atom stereocenters. The number of pyridine rings is 2. The van der Waals surface area contributed by atoms with Crippen molar-refractivity contribution in [2.24, 2.45) is 0 Å². The molecule has 23 heavy (non-hydrogen) atoms. The Kier molecular flexibility index (Phi) is 1.50. The fourth-order valence-electron chi connectivity index (χ4n) is 3.36. The van der Waals surface area contributed by atoms with Gasteiger partial charge in [0.15, 0.2) is 0 Å². The van der Waals surface area contributed by atoms with E-state index >= 15 is 0 Å². The van der Waals surface area contributed by atoms with Crippen molar-refractivity contribution in [3.05, 3.63) is 66.2 Å². The first-order chi connectivity index (χ1) is 13.7. The Morgan fingerprint density at radius 1 is 0.957 bits per heavy atom. The van der Waals surface area contributed by atoms with Gasteiger partial charge in [0.1, 0.15) is 5.82 Å². The molecule has 0 saturated carbocycles. The highest BCUT2D eigenvalue weighted by molar-refractivity contribution is 6.21. The van der Waals surface area contributed by atoms with Crippen molar-refractivity contribution in [3.63, 3.8) is 0 Å². The average Bonchev–Trinajstić information content (AvgIpc) is 3.09. The van der Waals surface area contributed by atoms with Gasteiger partial charge in [-0.05, 0) is 25.2 Å². The maximum Gasteiger partial charge on any atom is 0.110 e. The molecule has 2 aromatic carbocycles. The topological polar surface area (TPSA) is 30.2 Å². The van der Waals surface area contributed by atoms with Gasteiger partial charge in [0, 0.05) is 30.6 Å². The van der Waals surface area contributed by atoms with Crippen LogP contribution in [0.5, 0.6) is 0 Å². The van der Waals surface area contributed by atoms with Gasteiger partial charge in [-0.2, -0.15) is 0 Å². The smallest absolute Gasteiger partial charge is 0.110 e. The Morgan fingerprint density at radius 3 is 2.65 bits per heavy atom. The SMILES string of the molecule is [2H]C([2H])([2H])c1nc(C([2H])([2H])[2H])n2c3ccccc3c3ncc4ccccc4c3c12. The minimum atomic E-state index is -2.58. The molecule has 5 aromatic rings. The summed E-state index contributed by atoms with van der Waals surface area (Å²) in [5, 5.41) is 2.97. The first-order valence-electron chi connectivity index (χ1n) is 10.3. The van der Waals surface area contributed by atoms with Crippen LogP contribution in [-0.4, -0.2) is 14.4 Å². The molecule has 0 N–H and O–H groups in total. The molecule has 3 heteroatoms. The van der Waals surface area contributed by atoms with Gasteiger partial charge in [0.25, 0.3) is 0 Å². The predicted molar refractivity (Wildman–Crippen MR) is 95.0 cm³/mol. The zero-order valence-corrected chi connectivity index (χ0v) is 12.0. The number of imidazole rings is 1. The normalized spacial score (nSPS) is 16.9. The lowest BCUT2D eigenvalue weighted by molar-refractivity contribution is 1.07. The lowest BCUT2D eigenvalue weighted by atomic mass is 10.0. The average molecular weight is 303 g/mol. The monoisotopic (exact) mass is 303 g/mol. The second kappa shape index (κ2) is 4.29. The molecule has 0 radical (unpaired) electrons. The third-order valence-corrected chi connectivity index (χ3v) is 4.31. The van der Waals surface area contributed by atoms with E-state index in [0.717, 1.165) is 16.2 Å². The molecule has 3 heterocycles. The molecule has 0 aliphatic carbocycles. The Hall–Kier alpha value is -2.94. The summed E-state index contributed by atoms with van der Waals surface area (Å²) in [5.41, 5.74) is 1.23. The fraction of sp³-hybridized carbons (Fsp3) is 0.100. The van der Waals surface area contributed by atoms with E-state index in [-0.39, 0.29) is 17.0 Å². The van der Waals surface area contributed by atoms with E-state index in [4.69, 9.17) is 8.22 Å². The largest absolute Gasteiger partial charge is 0.295 e. The van der Waals surface area contributed by atoms with E-state index in [1.165, 1.54) is 4.40 Å². The van der Waals surface area contributed by atoms with Gasteiger partial charge in [0.2, 0.25) is 0 Å². The van der Waals surface area contributed by atoms with Crippen molar-refractivity contribution in [1.82, 2.24) is 14.4 Å². The van der Waals surface area contributed by atoms with Gasteiger partial charge in [-0.1, -0.05) is 42.5 Å². The maximum atomic E-state index is 8.02. The highest BCUT2D eigenvalue weighted by atomic mass is 15.0. The van der Waals surface area contributed by atoms with E-state index in [1.54, 1.807) is 18.3 Å². The molecule has 0 saturated heterocycles. The van der Waals surface area contributed by atoms with Crippen molar-refractivity contribution >= 4 is 38.1 Å². The van der Waals surface area contributed by atoms with Crippen LogP contribution in [0.25, 0.3) is 38.1 Å². The van der Waals surface area contributed by atoms with Crippen molar-refractivity contribution in [2.45, 2.75) is 13.7 Å². The summed E-state index contributed by atoms with van der Waals surface area (Å²) >= 11 is 0. The number of rotatable bonds is 0. The number of fused-ring (bicyclic) bond motifs is 8. The summed E-state index contributed by atoms with van der Waals surface area (Å²) in [6, 6.07) is 14.8. The van der Waals surface area contributed by atoms with Crippen molar-refractivity contribution in [1.29, 1.82) is 0 Å². The minimum Gasteiger partial charge on any atom is -0.295 e. The van der Waals surface area contributed by atoms with Crippen molar-refractivity contribution < 1.29 is 8.22 Å². The van der Waals surface area contributed by atoms with Crippen LogP contribution in [0.3, 0.4) is 0 Å². The maximum absolute atomic E-state index is 8.02. The van der Waals surface area contributed by atoms with Crippen LogP contribution in [0.4, 0.5) is 0 Å². The van der Waals surface area contributed by atoms with E-state index in [9.17, 15) is 0 Å². The Balaban J connectivity index is 2.22. The molecule has 0 aliphatic rings. The van der Waals surface area contributed by atoms with Gasteiger partial charge in [0.05, 0.1) is 22.2 Å². The Labute approximate surface area is 141 Å². The van der Waals surface area contributed by atoms with Crippen LogP contribution in [0.15, 0.2) is 54.7 Å². The molecule has 3 aromatic heterocycles. The van der Waals surface area contributed by atoms with E-state index in [0.29, 0.717) is 16.4 Å². The van der Waals surface area contributed by atoms with E-state index in [1.807, 2.05) is 36.4 Å². The third-order valence-electron chi connectivity index (χ3n) is 4.31. The summed E-state index contributed by atoms with van der Waals surface area (Å²) < 4.78 is 49.4. The number of aryl methyl sites for hydroxylation is 2. The number of hydrogen-bond acceptors (Lipinski definition) is 2. The van der Waals surface area contributed by atoms with Crippen LogP contribution in [0.1, 0.15) is 19.7 Å². The molecule has 0 fully saturated rings. The zero-order valence-electron chi connectivity index (χ0n) is 18.0. The summed E-state index contributed by atoms with van der Waals surface area (Å²) in [7, 11) is 0. The number of hydrogen-bond donors (Lipinski definition) is 0. The molecule has 0 unspecified atom stereocenters. The molecule has 110 valence electrons. The van der Waals surface area contributed by atoms with Crippen LogP contribution in [0, 0.1) is 13.7 Å². The minimum absolute atomic E-state index is 0.225. The number of benzene rings is 2. The van der Waals surface area contributed by atoms with Crippen molar-refractivity contribution in [2.75, 3.05) is 0 Å². The lowest BCUT2D eigenvalue weighted by Gasteiger charge is -2.11. The van der Waals surface area contributed by atoms with Crippen molar-refractivity contribution in [3.8, 4) is 0 Å². The lowest BCUT2D eigenvalue weighted by Crippen LogP contribution is -1.95. The Morgan fingerprint density at radius 2 is 1.78 bits per heavy atom. The van der Waals surface area contributed by atoms with Crippen LogP contribution < -0.4 is 0 Å². The molecule has 3 nitrogen and oxygen atoms in total. The van der Waals surface area contributed by atoms with Crippen LogP contribution in [0.2, 0.25) is 0 Å². The first kappa shape index (κ1) is 8.06. The van der Waals surface area contributed by atoms with E-state index < -0.39 is 13.7 Å². The molecular formula is C20H15N3. The fourth-order valence-corrected chi connectivity index (χ4v) is 3.36. The highest BCUT2D eigenvalue weighted by Gasteiger charge is 2.16. The molecule has 0 spiro atoms. The number of para-hydroxylation sites is 1. The van der Waals surface area contributed by atoms with Crippen LogP contribution >= 0.6 is 0 Å². The Bertz CT molecular complexity index is 1420. The quantitative estimate of drug-likeness (QED) is 0.384. The first-order valence-corrected chi connectivity index (χ1v) is 7.29. The standard InChI is InChI=1S/C20H15N3/c1-12-20-18-15-8-4-3-7-14(15)11-21-19(18)16-9-5-6-10-17(16)23(20)13(2)22-12/h3-11H,1-2H3/i1D3,2D3. The molecule has 0 amide bonds. The molecule has 5 rings (SSSR count). The van der Waals surface area contributed by atoms with Gasteiger partial charge in [-0.15, -0.1) is 0 Å². The van der Waals surface area contributed by atoms with Gasteiger partial charge >= 0.3 is 0 Å². The number of aromatic nitrogens is 3. The second-order valence-corrected chi connectivity index (χ2v) is 5.55. The van der Waals surface area contributed by atoms with Gasteiger partial charge in [-0.25, -0.2) is 4.98 Å². The van der Waals surface area contributed by atoms with Gasteiger partial charge < -0.3 is 0 Å². The second-order valence-electron chi connectivity index (χ2n) is 5.55. The molecule has 0 aliphatic heterocycles. The summed E-state index contributed by atoms with van der Waals surface area (Å²) in [5.74, 6) is -0.260. The third kappa shape index (κ3) is 1.54. The summed E-state index contributed by atoms with van der Waals surface area (Å²) in [4.78, 5) is 8.77.